The summed E-state index contributed by atoms with van der Waals surface area (Å²) < 4.78 is 6.99. The van der Waals surface area contributed by atoms with Crippen LogP contribution in [0.4, 0.5) is 0 Å². The van der Waals surface area contributed by atoms with Crippen molar-refractivity contribution in [1.82, 2.24) is 14.3 Å². The summed E-state index contributed by atoms with van der Waals surface area (Å²) >= 11 is 5.91. The second-order valence-corrected chi connectivity index (χ2v) is 6.38. The van der Waals surface area contributed by atoms with Crippen LogP contribution in [0, 0.1) is 0 Å². The van der Waals surface area contributed by atoms with Gasteiger partial charge < -0.3 is 4.74 Å². The van der Waals surface area contributed by atoms with E-state index in [0.29, 0.717) is 30.4 Å². The third-order valence-electron chi connectivity index (χ3n) is 3.85. The molecule has 1 aliphatic rings. The average molecular weight is 308 g/mol. The quantitative estimate of drug-likeness (QED) is 0.851. The Morgan fingerprint density at radius 2 is 2.24 bits per heavy atom. The van der Waals surface area contributed by atoms with Gasteiger partial charge in [0, 0.05) is 30.9 Å². The Bertz CT molecular complexity index is 726. The van der Waals surface area contributed by atoms with Crippen LogP contribution in [0.25, 0.3) is 5.65 Å². The van der Waals surface area contributed by atoms with Crippen LogP contribution in [0.5, 0.6) is 0 Å². The second kappa shape index (κ2) is 5.40. The monoisotopic (exact) mass is 307 g/mol. The molecule has 21 heavy (non-hydrogen) atoms. The molecule has 2 aromatic heterocycles. The van der Waals surface area contributed by atoms with Gasteiger partial charge in [0.15, 0.2) is 0 Å². The molecule has 0 bridgehead atoms. The number of pyridine rings is 1. The molecule has 5 nitrogen and oxygen atoms in total. The van der Waals surface area contributed by atoms with E-state index in [1.165, 1.54) is 4.40 Å². The molecule has 3 rings (SSSR count). The van der Waals surface area contributed by atoms with Crippen LogP contribution in [0.15, 0.2) is 29.2 Å². The van der Waals surface area contributed by atoms with Crippen LogP contribution >= 0.6 is 11.6 Å². The summed E-state index contributed by atoms with van der Waals surface area (Å²) in [6, 6.07) is 5.08. The second-order valence-electron chi connectivity index (χ2n) is 5.95. The highest BCUT2D eigenvalue weighted by molar-refractivity contribution is 6.30. The summed E-state index contributed by atoms with van der Waals surface area (Å²) in [7, 11) is 0. The van der Waals surface area contributed by atoms with Crippen LogP contribution in [-0.4, -0.2) is 39.6 Å². The van der Waals surface area contributed by atoms with E-state index in [-0.39, 0.29) is 11.1 Å². The lowest BCUT2D eigenvalue weighted by molar-refractivity contribution is -0.0557. The Kier molecular flexibility index (Phi) is 3.73. The Labute approximate surface area is 128 Å². The maximum Gasteiger partial charge on any atom is 0.258 e. The number of aromatic nitrogens is 2. The van der Waals surface area contributed by atoms with Gasteiger partial charge in [-0.25, -0.2) is 4.98 Å². The highest BCUT2D eigenvalue weighted by atomic mass is 35.5. The Balaban J connectivity index is 1.94. The van der Waals surface area contributed by atoms with Crippen molar-refractivity contribution in [3.8, 4) is 0 Å². The van der Waals surface area contributed by atoms with Crippen molar-refractivity contribution in [1.29, 1.82) is 0 Å². The molecule has 0 unspecified atom stereocenters. The third kappa shape index (κ3) is 2.95. The van der Waals surface area contributed by atoms with E-state index in [1.807, 2.05) is 0 Å². The number of halogens is 1. The minimum atomic E-state index is -0.108. The molecule has 6 heteroatoms. The molecule has 0 N–H and O–H groups in total. The van der Waals surface area contributed by atoms with Crippen molar-refractivity contribution in [3.05, 3.63) is 45.5 Å². The molecular weight excluding hydrogens is 290 g/mol. The van der Waals surface area contributed by atoms with E-state index < -0.39 is 0 Å². The van der Waals surface area contributed by atoms with Gasteiger partial charge in [0.1, 0.15) is 5.65 Å². The Morgan fingerprint density at radius 3 is 3.00 bits per heavy atom. The lowest BCUT2D eigenvalue weighted by Gasteiger charge is -2.41. The van der Waals surface area contributed by atoms with Crippen LogP contribution < -0.4 is 5.56 Å². The number of hydrogen-bond donors (Lipinski definition) is 0. The van der Waals surface area contributed by atoms with E-state index in [0.717, 1.165) is 12.2 Å². The Morgan fingerprint density at radius 1 is 1.43 bits per heavy atom. The first-order valence-corrected chi connectivity index (χ1v) is 7.34. The summed E-state index contributed by atoms with van der Waals surface area (Å²) in [5.41, 5.74) is 1.24. The molecule has 1 aliphatic heterocycles. The number of nitrogens with zero attached hydrogens (tertiary/aromatic N) is 3. The number of fused-ring (bicyclic) bond motifs is 1. The van der Waals surface area contributed by atoms with Crippen LogP contribution in [-0.2, 0) is 11.3 Å². The van der Waals surface area contributed by atoms with Crippen LogP contribution in [0.1, 0.15) is 19.5 Å². The zero-order valence-corrected chi connectivity index (χ0v) is 12.9. The molecule has 0 saturated carbocycles. The normalized spacial score (nSPS) is 19.0. The van der Waals surface area contributed by atoms with Crippen molar-refractivity contribution in [2.24, 2.45) is 0 Å². The van der Waals surface area contributed by atoms with Gasteiger partial charge in [-0.2, -0.15) is 0 Å². The number of ether oxygens (including phenoxy) is 1. The topological polar surface area (TPSA) is 46.8 Å². The number of rotatable bonds is 2. The SMILES string of the molecule is CC1(C)COCCN1Cc1cc(=O)n2cc(Cl)ccc2n1. The first-order chi connectivity index (χ1) is 9.95. The summed E-state index contributed by atoms with van der Waals surface area (Å²) in [4.78, 5) is 19.0. The fourth-order valence-electron chi connectivity index (χ4n) is 2.59. The standard InChI is InChI=1S/C15H18ClN3O2/c1-15(2)10-21-6-5-18(15)9-12-7-14(20)19-8-11(16)3-4-13(19)17-12/h3-4,7-8H,5-6,9-10H2,1-2H3. The van der Waals surface area contributed by atoms with Gasteiger partial charge in [0.05, 0.1) is 23.9 Å². The lowest BCUT2D eigenvalue weighted by atomic mass is 10.0. The van der Waals surface area contributed by atoms with Gasteiger partial charge >= 0.3 is 0 Å². The maximum atomic E-state index is 12.2. The largest absolute Gasteiger partial charge is 0.378 e. The zero-order chi connectivity index (χ0) is 15.0. The summed E-state index contributed by atoms with van der Waals surface area (Å²) in [5.74, 6) is 0. The third-order valence-corrected chi connectivity index (χ3v) is 4.07. The maximum absolute atomic E-state index is 12.2. The summed E-state index contributed by atoms with van der Waals surface area (Å²) in [6.45, 7) is 7.17. The predicted octanol–water partition coefficient (Wildman–Crippen LogP) is 1.96. The van der Waals surface area contributed by atoms with Gasteiger partial charge in [-0.1, -0.05) is 11.6 Å². The summed E-state index contributed by atoms with van der Waals surface area (Å²) in [5, 5.41) is 0.522. The molecule has 0 aliphatic carbocycles. The zero-order valence-electron chi connectivity index (χ0n) is 12.2. The molecule has 0 aromatic carbocycles. The van der Waals surface area contributed by atoms with E-state index in [1.54, 1.807) is 24.4 Å². The van der Waals surface area contributed by atoms with E-state index >= 15 is 0 Å². The number of morpholine rings is 1. The van der Waals surface area contributed by atoms with Crippen molar-refractivity contribution < 1.29 is 4.74 Å². The smallest absolute Gasteiger partial charge is 0.258 e. The van der Waals surface area contributed by atoms with Crippen molar-refractivity contribution in [3.63, 3.8) is 0 Å². The molecule has 0 atom stereocenters. The van der Waals surface area contributed by atoms with E-state index in [2.05, 4.69) is 23.7 Å². The molecule has 3 heterocycles. The highest BCUT2D eigenvalue weighted by Gasteiger charge is 2.30. The van der Waals surface area contributed by atoms with Gasteiger partial charge in [-0.15, -0.1) is 0 Å². The van der Waals surface area contributed by atoms with Gasteiger partial charge in [-0.05, 0) is 26.0 Å². The van der Waals surface area contributed by atoms with Gasteiger partial charge in [-0.3, -0.25) is 14.1 Å². The lowest BCUT2D eigenvalue weighted by Crippen LogP contribution is -2.52. The Hall–Kier alpha value is -1.43. The van der Waals surface area contributed by atoms with Crippen molar-refractivity contribution >= 4 is 17.2 Å². The number of hydrogen-bond acceptors (Lipinski definition) is 4. The van der Waals surface area contributed by atoms with Crippen molar-refractivity contribution in [2.45, 2.75) is 25.9 Å². The minimum Gasteiger partial charge on any atom is -0.378 e. The molecule has 0 radical (unpaired) electrons. The fourth-order valence-corrected chi connectivity index (χ4v) is 2.75. The molecule has 1 saturated heterocycles. The van der Waals surface area contributed by atoms with E-state index in [4.69, 9.17) is 16.3 Å². The molecule has 1 fully saturated rings. The fraction of sp³-hybridized carbons (Fsp3) is 0.467. The van der Waals surface area contributed by atoms with Crippen LogP contribution in [0.2, 0.25) is 5.02 Å². The van der Waals surface area contributed by atoms with E-state index in [9.17, 15) is 4.79 Å². The summed E-state index contributed by atoms with van der Waals surface area (Å²) in [6.07, 6.45) is 1.59. The minimum absolute atomic E-state index is 0.0505. The average Bonchev–Trinajstić information content (AvgIpc) is 2.42. The van der Waals surface area contributed by atoms with Crippen LogP contribution in [0.3, 0.4) is 0 Å². The van der Waals surface area contributed by atoms with Crippen molar-refractivity contribution in [2.75, 3.05) is 19.8 Å². The predicted molar refractivity (Wildman–Crippen MR) is 81.8 cm³/mol. The van der Waals surface area contributed by atoms with Gasteiger partial charge in [0.2, 0.25) is 0 Å². The highest BCUT2D eigenvalue weighted by Crippen LogP contribution is 2.21. The molecule has 2 aromatic rings. The molecule has 0 spiro atoms. The molecule has 0 amide bonds. The van der Waals surface area contributed by atoms with Gasteiger partial charge in [0.25, 0.3) is 5.56 Å². The molecular formula is C15H18ClN3O2. The first-order valence-electron chi connectivity index (χ1n) is 6.96. The first kappa shape index (κ1) is 14.5. The molecule has 112 valence electrons.